The zero-order valence-electron chi connectivity index (χ0n) is 24.9. The van der Waals surface area contributed by atoms with E-state index in [-0.39, 0.29) is 5.41 Å². The fourth-order valence-electron chi connectivity index (χ4n) is 7.60. The second kappa shape index (κ2) is 9.30. The number of para-hydroxylation sites is 1. The molecular weight excluding hydrogens is 530 g/mol. The Morgan fingerprint density at radius 1 is 0.409 bits per heavy atom. The van der Waals surface area contributed by atoms with Gasteiger partial charge in [-0.1, -0.05) is 135 Å². The van der Waals surface area contributed by atoms with Crippen molar-refractivity contribution in [3.8, 4) is 39.1 Å². The molecule has 7 aromatic carbocycles. The summed E-state index contributed by atoms with van der Waals surface area (Å²) < 4.78 is 2.42. The van der Waals surface area contributed by atoms with E-state index in [1.165, 1.54) is 82.8 Å². The highest BCUT2D eigenvalue weighted by Crippen LogP contribution is 2.49. The van der Waals surface area contributed by atoms with Crippen LogP contribution in [0.25, 0.3) is 71.6 Å². The van der Waals surface area contributed by atoms with Crippen LogP contribution in [0.3, 0.4) is 0 Å². The molecule has 44 heavy (non-hydrogen) atoms. The Bertz CT molecular complexity index is 2400. The van der Waals surface area contributed by atoms with Crippen molar-refractivity contribution < 1.29 is 0 Å². The van der Waals surface area contributed by atoms with Crippen LogP contribution in [0.5, 0.6) is 0 Å². The van der Waals surface area contributed by atoms with Crippen molar-refractivity contribution in [1.82, 2.24) is 4.57 Å². The Morgan fingerprint density at radius 3 is 1.91 bits per heavy atom. The van der Waals surface area contributed by atoms with Crippen LogP contribution in [0.2, 0.25) is 0 Å². The van der Waals surface area contributed by atoms with Gasteiger partial charge in [-0.15, -0.1) is 0 Å². The van der Waals surface area contributed by atoms with E-state index in [2.05, 4.69) is 170 Å². The highest BCUT2D eigenvalue weighted by Gasteiger charge is 2.35. The zero-order chi connectivity index (χ0) is 29.4. The van der Waals surface area contributed by atoms with Crippen LogP contribution in [-0.4, -0.2) is 4.57 Å². The Hall–Kier alpha value is -5.40. The predicted octanol–water partition coefficient (Wildman–Crippen LogP) is 11.6. The van der Waals surface area contributed by atoms with E-state index in [4.69, 9.17) is 0 Å². The van der Waals surface area contributed by atoms with Gasteiger partial charge in [0.25, 0.3) is 0 Å². The number of rotatable bonds is 3. The molecule has 208 valence electrons. The summed E-state index contributed by atoms with van der Waals surface area (Å²) >= 11 is 0. The first-order valence-electron chi connectivity index (χ1n) is 15.4. The first-order valence-corrected chi connectivity index (χ1v) is 15.4. The number of benzene rings is 7. The molecule has 1 aliphatic carbocycles. The van der Waals surface area contributed by atoms with Gasteiger partial charge in [0.2, 0.25) is 0 Å². The SMILES string of the molecule is CC1(C)c2ccccc2-c2cc(-c3ccc4c5ccccc5n(-c5ccc(-c6cccc7ccccc67)cc5)c4c3)ccc21. The van der Waals surface area contributed by atoms with Crippen molar-refractivity contribution in [3.05, 3.63) is 163 Å². The summed E-state index contributed by atoms with van der Waals surface area (Å²) in [5.74, 6) is 0. The van der Waals surface area contributed by atoms with Crippen molar-refractivity contribution in [1.29, 1.82) is 0 Å². The molecule has 8 aromatic rings. The molecule has 1 aliphatic rings. The molecule has 0 amide bonds. The van der Waals surface area contributed by atoms with Gasteiger partial charge in [-0.2, -0.15) is 0 Å². The maximum Gasteiger partial charge on any atom is 0.0547 e. The molecule has 0 unspecified atom stereocenters. The predicted molar refractivity (Wildman–Crippen MR) is 187 cm³/mol. The molecule has 1 nitrogen and oxygen atoms in total. The average molecular weight is 562 g/mol. The number of hydrogen-bond acceptors (Lipinski definition) is 0. The van der Waals surface area contributed by atoms with Crippen LogP contribution in [0, 0.1) is 0 Å². The van der Waals surface area contributed by atoms with Crippen molar-refractivity contribution in [2.24, 2.45) is 0 Å². The van der Waals surface area contributed by atoms with E-state index in [0.717, 1.165) is 0 Å². The third-order valence-electron chi connectivity index (χ3n) is 9.82. The molecule has 0 aliphatic heterocycles. The van der Waals surface area contributed by atoms with Gasteiger partial charge in [0, 0.05) is 21.9 Å². The Labute approximate surface area is 257 Å². The molecule has 0 spiro atoms. The lowest BCUT2D eigenvalue weighted by molar-refractivity contribution is 0.660. The van der Waals surface area contributed by atoms with Crippen molar-refractivity contribution in [2.45, 2.75) is 19.3 Å². The van der Waals surface area contributed by atoms with Crippen LogP contribution >= 0.6 is 0 Å². The topological polar surface area (TPSA) is 4.93 Å². The second-order valence-corrected chi connectivity index (χ2v) is 12.6. The largest absolute Gasteiger partial charge is 0.309 e. The maximum absolute atomic E-state index is 2.42. The lowest BCUT2D eigenvalue weighted by atomic mass is 9.82. The summed E-state index contributed by atoms with van der Waals surface area (Å²) in [5.41, 5.74) is 14.1. The van der Waals surface area contributed by atoms with Gasteiger partial charge in [-0.25, -0.2) is 0 Å². The van der Waals surface area contributed by atoms with E-state index >= 15 is 0 Å². The zero-order valence-corrected chi connectivity index (χ0v) is 24.9. The molecule has 0 saturated heterocycles. The number of nitrogens with zero attached hydrogens (tertiary/aromatic N) is 1. The Kier molecular flexibility index (Phi) is 5.31. The van der Waals surface area contributed by atoms with Gasteiger partial charge >= 0.3 is 0 Å². The van der Waals surface area contributed by atoms with E-state index < -0.39 is 0 Å². The third kappa shape index (κ3) is 3.59. The molecular formula is C43H31N. The van der Waals surface area contributed by atoms with E-state index in [9.17, 15) is 0 Å². The van der Waals surface area contributed by atoms with Gasteiger partial charge in [0.15, 0.2) is 0 Å². The molecule has 1 heteroatoms. The van der Waals surface area contributed by atoms with Crippen molar-refractivity contribution >= 4 is 32.6 Å². The molecule has 0 radical (unpaired) electrons. The first-order chi connectivity index (χ1) is 21.6. The number of fused-ring (bicyclic) bond motifs is 7. The minimum atomic E-state index is 0.0129. The fraction of sp³-hybridized carbons (Fsp3) is 0.0698. The lowest BCUT2D eigenvalue weighted by Gasteiger charge is -2.21. The summed E-state index contributed by atoms with van der Waals surface area (Å²) in [5, 5.41) is 5.10. The first kappa shape index (κ1) is 25.1. The summed E-state index contributed by atoms with van der Waals surface area (Å²) in [4.78, 5) is 0. The summed E-state index contributed by atoms with van der Waals surface area (Å²) in [6, 6.07) is 55.9. The molecule has 0 atom stereocenters. The second-order valence-electron chi connectivity index (χ2n) is 12.6. The molecule has 1 heterocycles. The van der Waals surface area contributed by atoms with Crippen LogP contribution in [0.1, 0.15) is 25.0 Å². The smallest absolute Gasteiger partial charge is 0.0547 e. The number of aromatic nitrogens is 1. The molecule has 0 bridgehead atoms. The fourth-order valence-corrected chi connectivity index (χ4v) is 7.60. The van der Waals surface area contributed by atoms with Gasteiger partial charge in [-0.05, 0) is 85.6 Å². The number of hydrogen-bond donors (Lipinski definition) is 0. The minimum Gasteiger partial charge on any atom is -0.309 e. The van der Waals surface area contributed by atoms with E-state index in [1.807, 2.05) is 0 Å². The minimum absolute atomic E-state index is 0.0129. The van der Waals surface area contributed by atoms with Crippen molar-refractivity contribution in [2.75, 3.05) is 0 Å². The highest BCUT2D eigenvalue weighted by molar-refractivity contribution is 6.10. The van der Waals surface area contributed by atoms with Crippen LogP contribution in [-0.2, 0) is 5.41 Å². The van der Waals surface area contributed by atoms with Gasteiger partial charge in [0.05, 0.1) is 11.0 Å². The van der Waals surface area contributed by atoms with Crippen LogP contribution in [0.4, 0.5) is 0 Å². The standard InChI is InChI=1S/C43H31N/c1-43(2)39-16-7-5-13-35(39)38-26-30(21-25-40(38)43)31-20-24-37-36-14-6-8-17-41(36)44(42(37)27-31)32-22-18-29(19-23-32)34-15-9-11-28-10-3-4-12-33(28)34/h3-27H,1-2H3. The average Bonchev–Trinajstić information content (AvgIpc) is 3.53. The maximum atomic E-state index is 2.42. The molecule has 1 aromatic heterocycles. The third-order valence-corrected chi connectivity index (χ3v) is 9.82. The molecule has 0 saturated carbocycles. The summed E-state index contributed by atoms with van der Waals surface area (Å²) in [7, 11) is 0. The monoisotopic (exact) mass is 561 g/mol. The van der Waals surface area contributed by atoms with Gasteiger partial charge in [-0.3, -0.25) is 0 Å². The normalized spacial score (nSPS) is 13.4. The Balaban J connectivity index is 1.20. The van der Waals surface area contributed by atoms with E-state index in [1.54, 1.807) is 0 Å². The summed E-state index contributed by atoms with van der Waals surface area (Å²) in [6.45, 7) is 4.68. The lowest BCUT2D eigenvalue weighted by Crippen LogP contribution is -2.14. The summed E-state index contributed by atoms with van der Waals surface area (Å²) in [6.07, 6.45) is 0. The highest BCUT2D eigenvalue weighted by atomic mass is 15.0. The quantitative estimate of drug-likeness (QED) is 0.202. The van der Waals surface area contributed by atoms with Gasteiger partial charge in [0.1, 0.15) is 0 Å². The molecule has 0 N–H and O–H groups in total. The molecule has 0 fully saturated rings. The van der Waals surface area contributed by atoms with E-state index in [0.29, 0.717) is 0 Å². The molecule has 9 rings (SSSR count). The van der Waals surface area contributed by atoms with Crippen molar-refractivity contribution in [3.63, 3.8) is 0 Å². The Morgan fingerprint density at radius 2 is 1.02 bits per heavy atom. The van der Waals surface area contributed by atoms with Gasteiger partial charge < -0.3 is 4.57 Å². The van der Waals surface area contributed by atoms with Crippen LogP contribution < -0.4 is 0 Å². The van der Waals surface area contributed by atoms with Crippen LogP contribution in [0.15, 0.2) is 152 Å².